The minimum atomic E-state index is -0.675. The molecular weight excluding hydrogens is 387 g/mol. The summed E-state index contributed by atoms with van der Waals surface area (Å²) in [5, 5.41) is 10.6. The SMILES string of the molecule is N#CC1=C(N)OC2=C(C(=O)CCC2)[C@@H]1c1ccc(-c2ccc(Cl)cc2Cl)o1. The van der Waals surface area contributed by atoms with Crippen molar-refractivity contribution in [1.82, 2.24) is 0 Å². The van der Waals surface area contributed by atoms with E-state index in [9.17, 15) is 10.1 Å². The van der Waals surface area contributed by atoms with Gasteiger partial charge in [-0.3, -0.25) is 4.79 Å². The summed E-state index contributed by atoms with van der Waals surface area (Å²) in [7, 11) is 0. The fraction of sp³-hybridized carbons (Fsp3) is 0.200. The summed E-state index contributed by atoms with van der Waals surface area (Å²) in [6, 6.07) is 10.6. The molecule has 1 aliphatic carbocycles. The maximum atomic E-state index is 12.6. The topological polar surface area (TPSA) is 89.3 Å². The Morgan fingerprint density at radius 3 is 2.74 bits per heavy atom. The third-order valence-corrected chi connectivity index (χ3v) is 5.26. The number of rotatable bonds is 2. The summed E-state index contributed by atoms with van der Waals surface area (Å²) in [6.07, 6.45) is 1.71. The fourth-order valence-electron chi connectivity index (χ4n) is 3.48. The average Bonchev–Trinajstić information content (AvgIpc) is 3.10. The molecule has 4 rings (SSSR count). The first-order valence-electron chi connectivity index (χ1n) is 8.38. The summed E-state index contributed by atoms with van der Waals surface area (Å²) in [5.74, 6) is 0.769. The van der Waals surface area contributed by atoms with Gasteiger partial charge in [0, 0.05) is 29.0 Å². The summed E-state index contributed by atoms with van der Waals surface area (Å²) >= 11 is 12.2. The molecule has 0 saturated carbocycles. The second kappa shape index (κ2) is 6.80. The number of hydrogen-bond donors (Lipinski definition) is 1. The Bertz CT molecular complexity index is 1060. The molecule has 0 bridgehead atoms. The molecule has 0 radical (unpaired) electrons. The summed E-state index contributed by atoms with van der Waals surface area (Å²) in [6.45, 7) is 0. The van der Waals surface area contributed by atoms with Crippen LogP contribution >= 0.6 is 23.2 Å². The molecule has 136 valence electrons. The molecule has 2 aromatic rings. The van der Waals surface area contributed by atoms with E-state index in [0.29, 0.717) is 57.7 Å². The standard InChI is InChI=1S/C20H14Cl2N2O3/c21-10-4-5-11(13(22)8-10)15-6-7-17(26-15)18-12(9-23)20(24)27-16-3-1-2-14(25)19(16)18/h4-8,18H,1-3,24H2/t18-/m0/s1. The number of ether oxygens (including phenoxy) is 1. The Kier molecular flexibility index (Phi) is 4.47. The first kappa shape index (κ1) is 17.7. The first-order valence-corrected chi connectivity index (χ1v) is 9.14. The number of carbonyl (C=O) groups excluding carboxylic acids is 1. The summed E-state index contributed by atoms with van der Waals surface area (Å²) < 4.78 is 11.6. The molecule has 1 atom stereocenters. The number of Topliss-reactive ketones (excluding diaryl/α,β-unsaturated/α-hetero) is 1. The van der Waals surface area contributed by atoms with Crippen molar-refractivity contribution in [2.24, 2.45) is 5.73 Å². The van der Waals surface area contributed by atoms with Crippen LogP contribution < -0.4 is 5.73 Å². The molecule has 1 aromatic carbocycles. The number of nitrogens with zero attached hydrogens (tertiary/aromatic N) is 1. The predicted octanol–water partition coefficient (Wildman–Crippen LogP) is 5.07. The molecule has 1 aliphatic heterocycles. The zero-order valence-corrected chi connectivity index (χ0v) is 15.6. The normalized spacial score (nSPS) is 19.6. The van der Waals surface area contributed by atoms with Gasteiger partial charge in [-0.2, -0.15) is 5.26 Å². The largest absolute Gasteiger partial charge is 0.460 e. The van der Waals surface area contributed by atoms with Gasteiger partial charge < -0.3 is 14.9 Å². The van der Waals surface area contributed by atoms with Gasteiger partial charge in [0.15, 0.2) is 5.78 Å². The number of hydrogen-bond acceptors (Lipinski definition) is 5. The Hall–Kier alpha value is -2.68. The molecule has 0 amide bonds. The van der Waals surface area contributed by atoms with Gasteiger partial charge in [-0.15, -0.1) is 0 Å². The monoisotopic (exact) mass is 400 g/mol. The number of carbonyl (C=O) groups is 1. The van der Waals surface area contributed by atoms with Crippen LogP contribution in [0.5, 0.6) is 0 Å². The zero-order valence-electron chi connectivity index (χ0n) is 14.1. The maximum Gasteiger partial charge on any atom is 0.205 e. The highest BCUT2D eigenvalue weighted by Gasteiger charge is 2.39. The molecule has 27 heavy (non-hydrogen) atoms. The van der Waals surface area contributed by atoms with Crippen LogP contribution in [0.1, 0.15) is 30.9 Å². The van der Waals surface area contributed by atoms with Crippen LogP contribution in [0, 0.1) is 11.3 Å². The number of benzene rings is 1. The third-order valence-electron chi connectivity index (χ3n) is 4.71. The Morgan fingerprint density at radius 2 is 2.00 bits per heavy atom. The lowest BCUT2D eigenvalue weighted by atomic mass is 9.80. The number of ketones is 1. The van der Waals surface area contributed by atoms with Gasteiger partial charge in [0.05, 0.1) is 10.9 Å². The highest BCUT2D eigenvalue weighted by atomic mass is 35.5. The van der Waals surface area contributed by atoms with Gasteiger partial charge in [0.2, 0.25) is 5.88 Å². The Morgan fingerprint density at radius 1 is 1.19 bits per heavy atom. The zero-order chi connectivity index (χ0) is 19.1. The van der Waals surface area contributed by atoms with E-state index in [-0.39, 0.29) is 17.2 Å². The van der Waals surface area contributed by atoms with Crippen LogP contribution in [0.25, 0.3) is 11.3 Å². The van der Waals surface area contributed by atoms with Crippen LogP contribution in [0.2, 0.25) is 10.0 Å². The highest BCUT2D eigenvalue weighted by molar-refractivity contribution is 6.36. The van der Waals surface area contributed by atoms with Gasteiger partial charge in [0.1, 0.15) is 28.9 Å². The van der Waals surface area contributed by atoms with Crippen LogP contribution in [-0.2, 0) is 9.53 Å². The van der Waals surface area contributed by atoms with E-state index in [1.807, 2.05) is 0 Å². The molecule has 0 spiro atoms. The summed E-state index contributed by atoms with van der Waals surface area (Å²) in [5.41, 5.74) is 7.23. The van der Waals surface area contributed by atoms with E-state index < -0.39 is 5.92 Å². The van der Waals surface area contributed by atoms with Crippen molar-refractivity contribution in [2.75, 3.05) is 0 Å². The second-order valence-corrected chi connectivity index (χ2v) is 7.21. The number of nitriles is 1. The molecule has 0 saturated heterocycles. The van der Waals surface area contributed by atoms with E-state index in [1.165, 1.54) is 0 Å². The van der Waals surface area contributed by atoms with Crippen molar-refractivity contribution in [1.29, 1.82) is 5.26 Å². The van der Waals surface area contributed by atoms with Crippen molar-refractivity contribution in [3.63, 3.8) is 0 Å². The Balaban J connectivity index is 1.82. The molecule has 5 nitrogen and oxygen atoms in total. The number of furan rings is 1. The smallest absolute Gasteiger partial charge is 0.205 e. The summed E-state index contributed by atoms with van der Waals surface area (Å²) in [4.78, 5) is 12.6. The lowest BCUT2D eigenvalue weighted by molar-refractivity contribution is -0.116. The quantitative estimate of drug-likeness (QED) is 0.759. The van der Waals surface area contributed by atoms with Crippen molar-refractivity contribution in [3.8, 4) is 17.4 Å². The third kappa shape index (κ3) is 3.01. The van der Waals surface area contributed by atoms with Crippen molar-refractivity contribution < 1.29 is 13.9 Å². The average molecular weight is 401 g/mol. The van der Waals surface area contributed by atoms with E-state index >= 15 is 0 Å². The van der Waals surface area contributed by atoms with Gasteiger partial charge in [-0.1, -0.05) is 23.2 Å². The highest BCUT2D eigenvalue weighted by Crippen LogP contribution is 2.44. The first-order chi connectivity index (χ1) is 13.0. The lowest BCUT2D eigenvalue weighted by Crippen LogP contribution is -2.27. The van der Waals surface area contributed by atoms with E-state index in [1.54, 1.807) is 30.3 Å². The molecule has 0 fully saturated rings. The van der Waals surface area contributed by atoms with Gasteiger partial charge in [-0.05, 0) is 36.8 Å². The fourth-order valence-corrected chi connectivity index (χ4v) is 3.98. The van der Waals surface area contributed by atoms with Gasteiger partial charge in [0.25, 0.3) is 0 Å². The van der Waals surface area contributed by atoms with Crippen LogP contribution in [0.15, 0.2) is 57.5 Å². The van der Waals surface area contributed by atoms with Crippen molar-refractivity contribution in [3.05, 3.63) is 68.9 Å². The minimum Gasteiger partial charge on any atom is -0.460 e. The molecule has 1 aromatic heterocycles. The molecule has 0 unspecified atom stereocenters. The Labute approximate surface area is 165 Å². The van der Waals surface area contributed by atoms with E-state index in [4.69, 9.17) is 38.1 Å². The van der Waals surface area contributed by atoms with Gasteiger partial charge in [-0.25, -0.2) is 0 Å². The van der Waals surface area contributed by atoms with Crippen molar-refractivity contribution >= 4 is 29.0 Å². The molecule has 7 heteroatoms. The van der Waals surface area contributed by atoms with E-state index in [0.717, 1.165) is 0 Å². The second-order valence-electron chi connectivity index (χ2n) is 6.36. The van der Waals surface area contributed by atoms with Crippen LogP contribution in [0.4, 0.5) is 0 Å². The number of halogens is 2. The molecular formula is C20H14Cl2N2O3. The number of allylic oxidation sites excluding steroid dienone is 3. The lowest BCUT2D eigenvalue weighted by Gasteiger charge is -2.29. The molecule has 2 aliphatic rings. The molecule has 2 N–H and O–H groups in total. The van der Waals surface area contributed by atoms with E-state index in [2.05, 4.69) is 6.07 Å². The van der Waals surface area contributed by atoms with Crippen LogP contribution in [0.3, 0.4) is 0 Å². The minimum absolute atomic E-state index is 0.0124. The predicted molar refractivity (Wildman–Crippen MR) is 101 cm³/mol. The van der Waals surface area contributed by atoms with Crippen molar-refractivity contribution in [2.45, 2.75) is 25.2 Å². The molecule has 2 heterocycles. The van der Waals surface area contributed by atoms with Crippen LogP contribution in [-0.4, -0.2) is 5.78 Å². The number of nitrogens with two attached hydrogens (primary N) is 1. The van der Waals surface area contributed by atoms with Gasteiger partial charge >= 0.3 is 0 Å². The maximum absolute atomic E-state index is 12.6.